The summed E-state index contributed by atoms with van der Waals surface area (Å²) in [6, 6.07) is 12.6. The standard InChI is InChI=1S/C21H18N8O2/c30-11-5-10-28-13-14(12-23-28)18-26-19-15-6-1-2-7-16(15)24-21(29(19)27-18)25-17-8-3-4-9-22-20(17)31/h1-4,6-9,12-13,30H,5,10-11H2,(H,22,24,25,31). The van der Waals surface area contributed by atoms with Gasteiger partial charge in [0, 0.05) is 30.9 Å². The zero-order chi connectivity index (χ0) is 21.2. The van der Waals surface area contributed by atoms with Gasteiger partial charge in [-0.3, -0.25) is 9.48 Å². The van der Waals surface area contributed by atoms with Gasteiger partial charge >= 0.3 is 0 Å². The first-order chi connectivity index (χ1) is 15.2. The third-order valence-electron chi connectivity index (χ3n) is 4.74. The van der Waals surface area contributed by atoms with Crippen molar-refractivity contribution in [2.45, 2.75) is 13.0 Å². The molecule has 5 rings (SSSR count). The minimum absolute atomic E-state index is 0.0995. The molecule has 0 unspecified atom stereocenters. The number of hydrogen-bond acceptors (Lipinski definition) is 8. The van der Waals surface area contributed by atoms with Crippen LogP contribution in [-0.4, -0.2) is 46.1 Å². The molecule has 0 saturated carbocycles. The number of aryl methyl sites for hydroxylation is 1. The summed E-state index contributed by atoms with van der Waals surface area (Å²) < 4.78 is 3.32. The van der Waals surface area contributed by atoms with Crippen LogP contribution in [0.25, 0.3) is 27.9 Å². The Morgan fingerprint density at radius 2 is 1.94 bits per heavy atom. The molecule has 2 N–H and O–H groups in total. The Morgan fingerprint density at radius 3 is 2.84 bits per heavy atom. The maximum Gasteiger partial charge on any atom is 0.293 e. The summed E-state index contributed by atoms with van der Waals surface area (Å²) in [5, 5.41) is 21.8. The molecule has 5 aromatic rings. The Bertz CT molecular complexity index is 1440. The SMILES string of the molecule is O=c1nccccc1Nc1nc2ccccc2c2nc(-c3cnn(CCCO)c3)nn12. The smallest absolute Gasteiger partial charge is 0.293 e. The molecule has 0 aliphatic rings. The first-order valence-corrected chi connectivity index (χ1v) is 9.74. The Morgan fingerprint density at radius 1 is 1.06 bits per heavy atom. The van der Waals surface area contributed by atoms with E-state index in [9.17, 15) is 4.79 Å². The highest BCUT2D eigenvalue weighted by atomic mass is 16.3. The Balaban J connectivity index is 1.66. The lowest BCUT2D eigenvalue weighted by Gasteiger charge is -2.07. The molecule has 10 nitrogen and oxygen atoms in total. The van der Waals surface area contributed by atoms with Gasteiger partial charge in [-0.15, -0.1) is 5.10 Å². The van der Waals surface area contributed by atoms with Gasteiger partial charge < -0.3 is 10.4 Å². The van der Waals surface area contributed by atoms with Gasteiger partial charge in [0.25, 0.3) is 5.56 Å². The third-order valence-corrected chi connectivity index (χ3v) is 4.74. The zero-order valence-corrected chi connectivity index (χ0v) is 16.4. The number of benzene rings is 1. The summed E-state index contributed by atoms with van der Waals surface area (Å²) in [6.45, 7) is 0.702. The van der Waals surface area contributed by atoms with Gasteiger partial charge in [0.1, 0.15) is 5.69 Å². The molecule has 10 heteroatoms. The number of fused-ring (bicyclic) bond motifs is 3. The van der Waals surface area contributed by atoms with Gasteiger partial charge in [0.05, 0.1) is 17.3 Å². The van der Waals surface area contributed by atoms with E-state index < -0.39 is 5.56 Å². The van der Waals surface area contributed by atoms with Crippen molar-refractivity contribution in [1.82, 2.24) is 34.3 Å². The van der Waals surface area contributed by atoms with Crippen molar-refractivity contribution in [3.05, 3.63) is 71.4 Å². The third kappa shape index (κ3) is 3.60. The molecule has 0 aliphatic carbocycles. The number of aromatic nitrogens is 7. The number of para-hydroxylation sites is 1. The van der Waals surface area contributed by atoms with Crippen molar-refractivity contribution in [2.24, 2.45) is 0 Å². The first kappa shape index (κ1) is 18.8. The zero-order valence-electron chi connectivity index (χ0n) is 16.4. The molecular formula is C21H18N8O2. The summed E-state index contributed by atoms with van der Waals surface area (Å²) in [6.07, 6.45) is 5.58. The molecule has 31 heavy (non-hydrogen) atoms. The van der Waals surface area contributed by atoms with Crippen LogP contribution in [0.4, 0.5) is 11.6 Å². The van der Waals surface area contributed by atoms with Gasteiger partial charge in [0.15, 0.2) is 11.5 Å². The van der Waals surface area contributed by atoms with E-state index in [1.807, 2.05) is 30.5 Å². The maximum atomic E-state index is 12.3. The van der Waals surface area contributed by atoms with E-state index in [2.05, 4.69) is 25.5 Å². The Kier molecular flexibility index (Phi) is 4.81. The summed E-state index contributed by atoms with van der Waals surface area (Å²) >= 11 is 0. The average Bonchev–Trinajstić information content (AvgIpc) is 3.39. The lowest BCUT2D eigenvalue weighted by Crippen LogP contribution is -2.11. The minimum atomic E-state index is -0.404. The molecule has 0 bridgehead atoms. The monoisotopic (exact) mass is 414 g/mol. The second-order valence-corrected chi connectivity index (χ2v) is 6.87. The van der Waals surface area contributed by atoms with Gasteiger partial charge in [-0.1, -0.05) is 18.2 Å². The number of aliphatic hydroxyl groups excluding tert-OH is 1. The quantitative estimate of drug-likeness (QED) is 0.433. The molecule has 1 aromatic carbocycles. The Labute approximate surface area is 175 Å². The maximum absolute atomic E-state index is 12.3. The van der Waals surface area contributed by atoms with Crippen molar-refractivity contribution < 1.29 is 5.11 Å². The number of nitrogens with one attached hydrogen (secondary N) is 1. The number of hydrogen-bond donors (Lipinski definition) is 2. The van der Waals surface area contributed by atoms with Gasteiger partial charge in [0.2, 0.25) is 5.95 Å². The Hall–Kier alpha value is -4.18. The highest BCUT2D eigenvalue weighted by molar-refractivity contribution is 5.93. The highest BCUT2D eigenvalue weighted by Gasteiger charge is 2.16. The fourth-order valence-corrected chi connectivity index (χ4v) is 3.26. The van der Waals surface area contributed by atoms with Crippen LogP contribution in [0.1, 0.15) is 6.42 Å². The molecule has 0 saturated heterocycles. The van der Waals surface area contributed by atoms with Gasteiger partial charge in [-0.2, -0.15) is 9.61 Å². The van der Waals surface area contributed by atoms with Crippen LogP contribution in [0.5, 0.6) is 0 Å². The van der Waals surface area contributed by atoms with Crippen molar-refractivity contribution in [1.29, 1.82) is 0 Å². The van der Waals surface area contributed by atoms with Crippen LogP contribution in [0.3, 0.4) is 0 Å². The molecule has 4 aromatic heterocycles. The molecule has 0 amide bonds. The normalized spacial score (nSPS) is 11.3. The molecule has 0 spiro atoms. The number of rotatable bonds is 6. The van der Waals surface area contributed by atoms with E-state index in [0.29, 0.717) is 30.4 Å². The lowest BCUT2D eigenvalue weighted by atomic mass is 10.2. The molecule has 0 atom stereocenters. The summed E-state index contributed by atoms with van der Waals surface area (Å²) in [5.74, 6) is 0.834. The lowest BCUT2D eigenvalue weighted by molar-refractivity contribution is 0.277. The van der Waals surface area contributed by atoms with Crippen LogP contribution in [0.15, 0.2) is 65.8 Å². The van der Waals surface area contributed by atoms with E-state index in [-0.39, 0.29) is 12.3 Å². The van der Waals surface area contributed by atoms with Crippen LogP contribution < -0.4 is 10.9 Å². The molecule has 154 valence electrons. The van der Waals surface area contributed by atoms with Crippen LogP contribution >= 0.6 is 0 Å². The topological polar surface area (TPSA) is 123 Å². The second kappa shape index (κ2) is 7.92. The predicted octanol–water partition coefficient (Wildman–Crippen LogP) is 2.02. The van der Waals surface area contributed by atoms with Crippen molar-refractivity contribution >= 4 is 28.2 Å². The van der Waals surface area contributed by atoms with E-state index in [1.165, 1.54) is 6.20 Å². The molecule has 0 fully saturated rings. The predicted molar refractivity (Wildman–Crippen MR) is 115 cm³/mol. The van der Waals surface area contributed by atoms with Gasteiger partial charge in [-0.25, -0.2) is 15.0 Å². The first-order valence-electron chi connectivity index (χ1n) is 9.74. The number of anilines is 2. The van der Waals surface area contributed by atoms with Crippen molar-refractivity contribution in [3.8, 4) is 11.4 Å². The summed E-state index contributed by atoms with van der Waals surface area (Å²) in [4.78, 5) is 25.5. The number of aliphatic hydroxyl groups is 1. The largest absolute Gasteiger partial charge is 0.396 e. The number of nitrogens with zero attached hydrogens (tertiary/aromatic N) is 7. The average molecular weight is 414 g/mol. The summed E-state index contributed by atoms with van der Waals surface area (Å²) in [7, 11) is 0. The fourth-order valence-electron chi connectivity index (χ4n) is 3.26. The van der Waals surface area contributed by atoms with Gasteiger partial charge in [-0.05, 0) is 30.7 Å². The van der Waals surface area contributed by atoms with E-state index >= 15 is 0 Å². The van der Waals surface area contributed by atoms with Crippen molar-refractivity contribution in [3.63, 3.8) is 0 Å². The van der Waals surface area contributed by atoms with E-state index in [4.69, 9.17) is 10.1 Å². The van der Waals surface area contributed by atoms with Crippen LogP contribution in [0, 0.1) is 0 Å². The van der Waals surface area contributed by atoms with Crippen LogP contribution in [-0.2, 0) is 6.54 Å². The van der Waals surface area contributed by atoms with E-state index in [1.54, 1.807) is 33.6 Å². The van der Waals surface area contributed by atoms with Crippen LogP contribution in [0.2, 0.25) is 0 Å². The molecule has 4 heterocycles. The molecular weight excluding hydrogens is 396 g/mol. The minimum Gasteiger partial charge on any atom is -0.396 e. The molecule has 0 radical (unpaired) electrons. The summed E-state index contributed by atoms with van der Waals surface area (Å²) in [5.41, 5.74) is 1.94. The fraction of sp³-hybridized carbons (Fsp3) is 0.143. The second-order valence-electron chi connectivity index (χ2n) is 6.87. The highest BCUT2D eigenvalue weighted by Crippen LogP contribution is 2.25. The molecule has 0 aliphatic heterocycles. The van der Waals surface area contributed by atoms with Crippen molar-refractivity contribution in [2.75, 3.05) is 11.9 Å². The van der Waals surface area contributed by atoms with E-state index in [0.717, 1.165) is 16.5 Å².